The first kappa shape index (κ1) is 38.8. The van der Waals surface area contributed by atoms with E-state index in [-0.39, 0.29) is 35.8 Å². The number of methoxy groups -OCH3 is 1. The number of hydrogen-bond acceptors (Lipinski definition) is 13. The first-order chi connectivity index (χ1) is 25.3. The Morgan fingerprint density at radius 3 is 2.15 bits per heavy atom. The van der Waals surface area contributed by atoms with Gasteiger partial charge in [0.25, 0.3) is 17.2 Å². The molecule has 1 amide bonds. The summed E-state index contributed by atoms with van der Waals surface area (Å²) in [4.78, 5) is 85.2. The second-order valence-electron chi connectivity index (χ2n) is 11.5. The molecule has 7 N–H and O–H groups in total. The number of nitrogens with one attached hydrogen (secondary N) is 3. The molecular formula is C36H35N7O10. The van der Waals surface area contributed by atoms with Gasteiger partial charge in [0.2, 0.25) is 5.95 Å². The monoisotopic (exact) mass is 725 g/mol. The van der Waals surface area contributed by atoms with E-state index in [4.69, 9.17) is 10.5 Å². The van der Waals surface area contributed by atoms with Crippen molar-refractivity contribution in [2.45, 2.75) is 38.1 Å². The van der Waals surface area contributed by atoms with E-state index in [1.54, 1.807) is 72.8 Å². The molecule has 53 heavy (non-hydrogen) atoms. The quantitative estimate of drug-likeness (QED) is 0.0546. The van der Waals surface area contributed by atoms with Gasteiger partial charge in [-0.25, -0.2) is 24.4 Å². The zero-order valence-corrected chi connectivity index (χ0v) is 28.4. The predicted molar refractivity (Wildman–Crippen MR) is 190 cm³/mol. The number of rotatable bonds is 14. The van der Waals surface area contributed by atoms with Crippen molar-refractivity contribution >= 4 is 52.4 Å². The first-order valence-electron chi connectivity index (χ1n) is 15.8. The molecule has 0 fully saturated rings. The number of carboxylic acid groups (broad SMARTS) is 2. The van der Waals surface area contributed by atoms with Crippen LogP contribution in [0.25, 0.3) is 11.2 Å². The summed E-state index contributed by atoms with van der Waals surface area (Å²) in [7, 11) is 1.18. The molecule has 0 radical (unpaired) electrons. The average Bonchev–Trinajstić information content (AvgIpc) is 3.16. The van der Waals surface area contributed by atoms with Gasteiger partial charge in [0.1, 0.15) is 6.04 Å². The highest BCUT2D eigenvalue weighted by molar-refractivity contribution is 6.40. The fraction of sp³-hybridized carbons (Fsp3) is 0.194. The van der Waals surface area contributed by atoms with E-state index in [0.29, 0.717) is 22.5 Å². The number of amides is 1. The molecule has 3 aromatic carbocycles. The molecule has 5 rings (SSSR count). The Morgan fingerprint density at radius 1 is 0.906 bits per heavy atom. The van der Waals surface area contributed by atoms with Gasteiger partial charge in [0.05, 0.1) is 32.2 Å². The second-order valence-corrected chi connectivity index (χ2v) is 11.5. The van der Waals surface area contributed by atoms with Crippen LogP contribution < -0.4 is 21.9 Å². The van der Waals surface area contributed by atoms with E-state index in [0.717, 1.165) is 0 Å². The second kappa shape index (κ2) is 17.8. The lowest BCUT2D eigenvalue weighted by Crippen LogP contribution is -2.50. The molecule has 274 valence electrons. The lowest BCUT2D eigenvalue weighted by molar-refractivity contribution is -0.168. The molecule has 2 aromatic heterocycles. The molecule has 0 spiro atoms. The Bertz CT molecular complexity index is 2150. The van der Waals surface area contributed by atoms with Crippen molar-refractivity contribution in [1.82, 2.24) is 25.3 Å². The Hall–Kier alpha value is -7.01. The zero-order valence-electron chi connectivity index (χ0n) is 28.4. The number of benzene rings is 3. The number of carbonyl (C=O) groups excluding carboxylic acids is 3. The number of ether oxygens (including phenoxy) is 2. The first-order valence-corrected chi connectivity index (χ1v) is 15.8. The van der Waals surface area contributed by atoms with E-state index in [2.05, 4.69) is 35.3 Å². The maximum absolute atomic E-state index is 12.8. The summed E-state index contributed by atoms with van der Waals surface area (Å²) in [5.41, 5.74) is 5.58. The van der Waals surface area contributed by atoms with Crippen molar-refractivity contribution in [3.63, 3.8) is 0 Å². The van der Waals surface area contributed by atoms with E-state index >= 15 is 0 Å². The normalized spacial score (nSPS) is 12.3. The number of fused-ring (bicyclic) bond motifs is 1. The molecular weight excluding hydrogens is 690 g/mol. The molecule has 17 heteroatoms. The fourth-order valence-corrected chi connectivity index (χ4v) is 4.64. The summed E-state index contributed by atoms with van der Waals surface area (Å²) < 4.78 is 9.88. The number of esters is 1. The van der Waals surface area contributed by atoms with Crippen LogP contribution in [0.5, 0.6) is 0 Å². The van der Waals surface area contributed by atoms with Gasteiger partial charge < -0.3 is 36.1 Å². The number of carboxylic acids is 2. The molecule has 0 aliphatic carbocycles. The number of ketones is 1. The standard InChI is InChI=1S/C27H27N7O7.C9H8O3/c1-27(25(39)40,41-14-15-5-3-2-4-6-15)11-19(24(37)38)32-22(35)16-7-9-17(10-8-16)29-12-18-13-30-21-20(31-18)23(36)34-26(28)33-21;1-12-9(11)8(10)7-5-3-2-4-6-7/h2-10,13,19,29H,11-12,14H2,1H3,(H,32,35)(H,37,38)(H,39,40)(H3,28,30,33,34,36);2-6H,1H3/t19-,27?;/m0./s1. The van der Waals surface area contributed by atoms with Crippen molar-refractivity contribution in [2.75, 3.05) is 18.2 Å². The number of carbonyl (C=O) groups is 5. The molecule has 1 unspecified atom stereocenters. The number of aromatic amines is 1. The third kappa shape index (κ3) is 10.7. The number of aliphatic carboxylic acids is 2. The van der Waals surface area contributed by atoms with E-state index in [1.807, 2.05) is 0 Å². The van der Waals surface area contributed by atoms with Gasteiger partial charge in [0, 0.05) is 23.2 Å². The number of aromatic nitrogens is 4. The van der Waals surface area contributed by atoms with Gasteiger partial charge in [-0.2, -0.15) is 4.98 Å². The van der Waals surface area contributed by atoms with Crippen molar-refractivity contribution < 1.29 is 43.7 Å². The largest absolute Gasteiger partial charge is 0.480 e. The Balaban J connectivity index is 0.000000443. The third-order valence-corrected chi connectivity index (χ3v) is 7.56. The van der Waals surface area contributed by atoms with Crippen molar-refractivity contribution in [3.8, 4) is 0 Å². The minimum absolute atomic E-state index is 0.0444. The van der Waals surface area contributed by atoms with Crippen molar-refractivity contribution in [3.05, 3.63) is 124 Å². The van der Waals surface area contributed by atoms with Gasteiger partial charge in [-0.15, -0.1) is 0 Å². The van der Waals surface area contributed by atoms with Crippen LogP contribution in [-0.2, 0) is 37.0 Å². The minimum Gasteiger partial charge on any atom is -0.480 e. The summed E-state index contributed by atoms with van der Waals surface area (Å²) in [5.74, 6) is -4.97. The zero-order chi connectivity index (χ0) is 38.5. The van der Waals surface area contributed by atoms with E-state index < -0.39 is 53.2 Å². The maximum atomic E-state index is 12.8. The Morgan fingerprint density at radius 2 is 1.55 bits per heavy atom. The summed E-state index contributed by atoms with van der Waals surface area (Å²) in [6.07, 6.45) is 0.942. The van der Waals surface area contributed by atoms with Gasteiger partial charge in [0.15, 0.2) is 16.8 Å². The predicted octanol–water partition coefficient (Wildman–Crippen LogP) is 2.58. The number of nitrogens with zero attached hydrogens (tertiary/aromatic N) is 3. The fourth-order valence-electron chi connectivity index (χ4n) is 4.64. The van der Waals surface area contributed by atoms with Crippen molar-refractivity contribution in [1.29, 1.82) is 0 Å². The molecule has 2 atom stereocenters. The topological polar surface area (TPSA) is 266 Å². The minimum atomic E-state index is -1.88. The van der Waals surface area contributed by atoms with Crippen LogP contribution in [0.2, 0.25) is 0 Å². The van der Waals surface area contributed by atoms with Crippen LogP contribution in [0.3, 0.4) is 0 Å². The van der Waals surface area contributed by atoms with Crippen LogP contribution in [0, 0.1) is 0 Å². The van der Waals surface area contributed by atoms with E-state index in [1.165, 1.54) is 32.4 Å². The van der Waals surface area contributed by atoms with Gasteiger partial charge in [-0.3, -0.25) is 19.4 Å². The summed E-state index contributed by atoms with van der Waals surface area (Å²) >= 11 is 0. The maximum Gasteiger partial charge on any atom is 0.379 e. The van der Waals surface area contributed by atoms with Crippen LogP contribution in [0.1, 0.15) is 45.3 Å². The summed E-state index contributed by atoms with van der Waals surface area (Å²) in [5, 5.41) is 24.9. The van der Waals surface area contributed by atoms with E-state index in [9.17, 15) is 39.0 Å². The van der Waals surface area contributed by atoms with Crippen LogP contribution in [-0.4, -0.2) is 78.5 Å². The number of H-pyrrole nitrogens is 1. The molecule has 0 aliphatic heterocycles. The SMILES string of the molecule is CC(C[C@H](NC(=O)c1ccc(NCc2cnc3nc(N)[nH]c(=O)c3n2)cc1)C(=O)O)(OCc1ccccc1)C(=O)O.COC(=O)C(=O)c1ccccc1. The third-order valence-electron chi connectivity index (χ3n) is 7.56. The lowest BCUT2D eigenvalue weighted by Gasteiger charge is -2.28. The van der Waals surface area contributed by atoms with Crippen molar-refractivity contribution in [2.24, 2.45) is 0 Å². The highest BCUT2D eigenvalue weighted by Gasteiger charge is 2.40. The Labute approximate surface area is 301 Å². The lowest BCUT2D eigenvalue weighted by atomic mass is 9.96. The number of nitrogens with two attached hydrogens (primary N) is 1. The number of hydrogen-bond donors (Lipinski definition) is 6. The summed E-state index contributed by atoms with van der Waals surface area (Å²) in [6.45, 7) is 1.42. The number of anilines is 2. The van der Waals surface area contributed by atoms with Gasteiger partial charge >= 0.3 is 17.9 Å². The Kier molecular flexibility index (Phi) is 13.0. The molecule has 0 aliphatic rings. The van der Waals surface area contributed by atoms with Crippen LogP contribution in [0.4, 0.5) is 11.6 Å². The number of Topliss-reactive ketones (excluding diaryl/α,β-unsaturated/α-hetero) is 1. The van der Waals surface area contributed by atoms with Gasteiger partial charge in [-0.05, 0) is 36.8 Å². The highest BCUT2D eigenvalue weighted by atomic mass is 16.5. The number of nitrogen functional groups attached to an aromatic ring is 1. The smallest absolute Gasteiger partial charge is 0.379 e. The van der Waals surface area contributed by atoms with Gasteiger partial charge in [-0.1, -0.05) is 60.7 Å². The van der Waals surface area contributed by atoms with Crippen LogP contribution >= 0.6 is 0 Å². The van der Waals surface area contributed by atoms with Crippen LogP contribution in [0.15, 0.2) is 95.9 Å². The molecule has 0 saturated carbocycles. The molecule has 0 saturated heterocycles. The molecule has 17 nitrogen and oxygen atoms in total. The molecule has 5 aromatic rings. The average molecular weight is 726 g/mol. The highest BCUT2D eigenvalue weighted by Crippen LogP contribution is 2.22. The summed E-state index contributed by atoms with van der Waals surface area (Å²) in [6, 6.07) is 21.7. The molecule has 2 heterocycles. The molecule has 0 bridgehead atoms.